The highest BCUT2D eigenvalue weighted by atomic mass is 16.5. The lowest BCUT2D eigenvalue weighted by Gasteiger charge is -2.41. The number of nitrogens with zero attached hydrogens (tertiary/aromatic N) is 1. The summed E-state index contributed by atoms with van der Waals surface area (Å²) in [5, 5.41) is 2.95. The minimum atomic E-state index is -0.108. The molecule has 3 heterocycles. The van der Waals surface area contributed by atoms with Crippen LogP contribution < -0.4 is 5.32 Å². The number of ether oxygens (including phenoxy) is 1. The normalized spacial score (nSPS) is 24.3. The first-order valence-corrected chi connectivity index (χ1v) is 7.26. The number of hydrogen-bond acceptors (Lipinski definition) is 4. The van der Waals surface area contributed by atoms with Crippen LogP contribution in [-0.4, -0.2) is 50.1 Å². The van der Waals surface area contributed by atoms with Gasteiger partial charge in [-0.15, -0.1) is 0 Å². The maximum absolute atomic E-state index is 12.3. The number of likely N-dealkylation sites (tertiary alicyclic amines) is 1. The Hall–Kier alpha value is -1.82. The monoisotopic (exact) mass is 292 g/mol. The Morgan fingerprint density at radius 2 is 2.29 bits per heavy atom. The third-order valence-corrected chi connectivity index (χ3v) is 4.78. The molecule has 1 atom stereocenters. The lowest BCUT2D eigenvalue weighted by atomic mass is 9.71. The van der Waals surface area contributed by atoms with Crippen LogP contribution >= 0.6 is 0 Å². The minimum absolute atomic E-state index is 0.0719. The van der Waals surface area contributed by atoms with Crippen molar-refractivity contribution in [2.24, 2.45) is 11.3 Å². The van der Waals surface area contributed by atoms with Gasteiger partial charge in [0.2, 0.25) is 5.91 Å². The molecule has 1 unspecified atom stereocenters. The number of carbonyl (C=O) groups excluding carboxylic acids is 2. The van der Waals surface area contributed by atoms with E-state index >= 15 is 0 Å². The van der Waals surface area contributed by atoms with Gasteiger partial charge in [0.15, 0.2) is 5.76 Å². The number of amides is 2. The Kier molecular flexibility index (Phi) is 3.71. The number of furan rings is 1. The Labute approximate surface area is 123 Å². The van der Waals surface area contributed by atoms with Crippen LogP contribution in [0.1, 0.15) is 23.4 Å². The smallest absolute Gasteiger partial charge is 0.289 e. The van der Waals surface area contributed by atoms with Gasteiger partial charge < -0.3 is 19.4 Å². The molecule has 2 saturated heterocycles. The fraction of sp³-hybridized carbons (Fsp3) is 0.600. The standard InChI is InChI=1S/C15H20N2O4/c1-20-9-11-13(18)16-10-15(11)4-6-17(7-5-15)14(19)12-3-2-8-21-12/h2-3,8,11H,4-7,9-10H2,1H3,(H,16,18). The number of rotatable bonds is 3. The molecular weight excluding hydrogens is 272 g/mol. The summed E-state index contributed by atoms with van der Waals surface area (Å²) in [6.45, 7) is 2.42. The summed E-state index contributed by atoms with van der Waals surface area (Å²) in [6, 6.07) is 3.40. The molecule has 2 fully saturated rings. The Bertz CT molecular complexity index is 518. The molecule has 21 heavy (non-hydrogen) atoms. The highest BCUT2D eigenvalue weighted by molar-refractivity contribution is 5.91. The van der Waals surface area contributed by atoms with E-state index in [1.807, 2.05) is 0 Å². The first-order chi connectivity index (χ1) is 10.2. The number of nitrogens with one attached hydrogen (secondary N) is 1. The first-order valence-electron chi connectivity index (χ1n) is 7.26. The largest absolute Gasteiger partial charge is 0.459 e. The minimum Gasteiger partial charge on any atom is -0.459 e. The summed E-state index contributed by atoms with van der Waals surface area (Å²) in [4.78, 5) is 26.0. The molecule has 0 saturated carbocycles. The average Bonchev–Trinajstić information content (AvgIpc) is 3.12. The molecule has 0 bridgehead atoms. The van der Waals surface area contributed by atoms with Gasteiger partial charge in [0.05, 0.1) is 18.8 Å². The fourth-order valence-electron chi connectivity index (χ4n) is 3.44. The van der Waals surface area contributed by atoms with Gasteiger partial charge >= 0.3 is 0 Å². The second kappa shape index (κ2) is 5.52. The van der Waals surface area contributed by atoms with Crippen LogP contribution in [0.5, 0.6) is 0 Å². The lowest BCUT2D eigenvalue weighted by Crippen LogP contribution is -2.47. The Morgan fingerprint density at radius 1 is 1.52 bits per heavy atom. The van der Waals surface area contributed by atoms with E-state index in [1.165, 1.54) is 6.26 Å². The van der Waals surface area contributed by atoms with Crippen molar-refractivity contribution in [3.05, 3.63) is 24.2 Å². The van der Waals surface area contributed by atoms with Gasteiger partial charge in [0, 0.05) is 32.2 Å². The predicted octanol–water partition coefficient (Wildman–Crippen LogP) is 0.894. The van der Waals surface area contributed by atoms with E-state index in [9.17, 15) is 9.59 Å². The third-order valence-electron chi connectivity index (χ3n) is 4.78. The molecule has 6 nitrogen and oxygen atoms in total. The summed E-state index contributed by atoms with van der Waals surface area (Å²) >= 11 is 0. The SMILES string of the molecule is COCC1C(=O)NCC12CCN(C(=O)c1ccco1)CC2. The molecule has 0 aliphatic carbocycles. The van der Waals surface area contributed by atoms with Crippen LogP contribution in [0.2, 0.25) is 0 Å². The second-order valence-corrected chi connectivity index (χ2v) is 5.86. The van der Waals surface area contributed by atoms with Crippen molar-refractivity contribution in [1.29, 1.82) is 0 Å². The van der Waals surface area contributed by atoms with Crippen molar-refractivity contribution in [2.75, 3.05) is 33.4 Å². The Balaban J connectivity index is 1.67. The van der Waals surface area contributed by atoms with E-state index in [0.29, 0.717) is 32.0 Å². The van der Waals surface area contributed by atoms with Gasteiger partial charge in [-0.25, -0.2) is 0 Å². The Morgan fingerprint density at radius 3 is 2.90 bits per heavy atom. The van der Waals surface area contributed by atoms with Crippen LogP contribution in [0.15, 0.2) is 22.8 Å². The van der Waals surface area contributed by atoms with E-state index in [-0.39, 0.29) is 23.1 Å². The van der Waals surface area contributed by atoms with Gasteiger partial charge in [-0.2, -0.15) is 0 Å². The van der Waals surface area contributed by atoms with Crippen molar-refractivity contribution < 1.29 is 18.7 Å². The number of carbonyl (C=O) groups is 2. The maximum Gasteiger partial charge on any atom is 0.289 e. The zero-order valence-electron chi connectivity index (χ0n) is 12.1. The first kappa shape index (κ1) is 14.1. The van der Waals surface area contributed by atoms with Gasteiger partial charge in [0.1, 0.15) is 0 Å². The summed E-state index contributed by atoms with van der Waals surface area (Å²) in [5.74, 6) is 0.265. The third kappa shape index (κ3) is 2.44. The van der Waals surface area contributed by atoms with Crippen LogP contribution in [0.25, 0.3) is 0 Å². The summed E-state index contributed by atoms with van der Waals surface area (Å²) in [5.41, 5.74) is -0.0764. The van der Waals surface area contributed by atoms with Crippen LogP contribution in [0.3, 0.4) is 0 Å². The van der Waals surface area contributed by atoms with Crippen molar-refractivity contribution in [3.8, 4) is 0 Å². The maximum atomic E-state index is 12.3. The summed E-state index contributed by atoms with van der Waals surface area (Å²) in [7, 11) is 1.62. The van der Waals surface area contributed by atoms with Crippen LogP contribution in [-0.2, 0) is 9.53 Å². The zero-order chi connectivity index (χ0) is 14.9. The molecular formula is C15H20N2O4. The van der Waals surface area contributed by atoms with Gasteiger partial charge in [-0.3, -0.25) is 9.59 Å². The van der Waals surface area contributed by atoms with E-state index in [0.717, 1.165) is 12.8 Å². The number of piperidine rings is 1. The average molecular weight is 292 g/mol. The molecule has 0 radical (unpaired) electrons. The molecule has 0 aromatic carbocycles. The van der Waals surface area contributed by atoms with E-state index in [1.54, 1.807) is 24.1 Å². The molecule has 3 rings (SSSR count). The number of hydrogen-bond donors (Lipinski definition) is 1. The molecule has 1 N–H and O–H groups in total. The highest BCUT2D eigenvalue weighted by Gasteiger charge is 2.50. The van der Waals surface area contributed by atoms with Crippen LogP contribution in [0, 0.1) is 11.3 Å². The lowest BCUT2D eigenvalue weighted by molar-refractivity contribution is -0.126. The molecule has 6 heteroatoms. The molecule has 2 aliphatic rings. The van der Waals surface area contributed by atoms with Gasteiger partial charge in [0.25, 0.3) is 5.91 Å². The predicted molar refractivity (Wildman–Crippen MR) is 74.7 cm³/mol. The fourth-order valence-corrected chi connectivity index (χ4v) is 3.44. The van der Waals surface area contributed by atoms with Crippen molar-refractivity contribution >= 4 is 11.8 Å². The van der Waals surface area contributed by atoms with Crippen molar-refractivity contribution in [2.45, 2.75) is 12.8 Å². The van der Waals surface area contributed by atoms with Gasteiger partial charge in [-0.05, 0) is 25.0 Å². The molecule has 114 valence electrons. The van der Waals surface area contributed by atoms with E-state index in [2.05, 4.69) is 5.32 Å². The summed E-state index contributed by atoms with van der Waals surface area (Å²) in [6.07, 6.45) is 3.13. The molecule has 1 aromatic heterocycles. The molecule has 2 amide bonds. The van der Waals surface area contributed by atoms with E-state index in [4.69, 9.17) is 9.15 Å². The number of methoxy groups -OCH3 is 1. The van der Waals surface area contributed by atoms with Gasteiger partial charge in [-0.1, -0.05) is 0 Å². The quantitative estimate of drug-likeness (QED) is 0.898. The summed E-state index contributed by atoms with van der Waals surface area (Å²) < 4.78 is 10.4. The van der Waals surface area contributed by atoms with E-state index < -0.39 is 0 Å². The highest BCUT2D eigenvalue weighted by Crippen LogP contribution is 2.42. The molecule has 2 aliphatic heterocycles. The molecule has 1 spiro atoms. The van der Waals surface area contributed by atoms with Crippen molar-refractivity contribution in [3.63, 3.8) is 0 Å². The van der Waals surface area contributed by atoms with Crippen molar-refractivity contribution in [1.82, 2.24) is 10.2 Å². The zero-order valence-corrected chi connectivity index (χ0v) is 12.1. The topological polar surface area (TPSA) is 71.8 Å². The van der Waals surface area contributed by atoms with Crippen LogP contribution in [0.4, 0.5) is 0 Å². The molecule has 1 aromatic rings. The second-order valence-electron chi connectivity index (χ2n) is 5.86.